The summed E-state index contributed by atoms with van der Waals surface area (Å²) in [6.45, 7) is 0.320. The van der Waals surface area contributed by atoms with Gasteiger partial charge >= 0.3 is 0 Å². The van der Waals surface area contributed by atoms with Gasteiger partial charge in [-0.15, -0.1) is 0 Å². The van der Waals surface area contributed by atoms with Crippen molar-refractivity contribution < 1.29 is 4.79 Å². The maximum absolute atomic E-state index is 11.8. The molecule has 1 aromatic carbocycles. The zero-order valence-electron chi connectivity index (χ0n) is 11.4. The van der Waals surface area contributed by atoms with Crippen molar-refractivity contribution in [1.82, 2.24) is 5.43 Å². The summed E-state index contributed by atoms with van der Waals surface area (Å²) in [5.41, 5.74) is 4.82. The molecule has 1 aromatic rings. The number of hydrazone groups is 1. The van der Waals surface area contributed by atoms with Crippen LogP contribution < -0.4 is 10.3 Å². The molecule has 1 aliphatic rings. The molecule has 1 N–H and O–H groups in total. The van der Waals surface area contributed by atoms with Crippen molar-refractivity contribution >= 4 is 17.3 Å². The Morgan fingerprint density at radius 1 is 1.21 bits per heavy atom. The normalized spacial score (nSPS) is 14.9. The number of rotatable bonds is 4. The number of carbonyl (C=O) groups excluding carboxylic acids is 1. The van der Waals surface area contributed by atoms with E-state index in [4.69, 9.17) is 0 Å². The molecule has 0 aromatic heterocycles. The van der Waals surface area contributed by atoms with Crippen LogP contribution in [0.15, 0.2) is 35.4 Å². The molecular weight excluding hydrogens is 238 g/mol. The van der Waals surface area contributed by atoms with E-state index in [0.29, 0.717) is 6.54 Å². The second-order valence-electron chi connectivity index (χ2n) is 4.97. The van der Waals surface area contributed by atoms with E-state index in [9.17, 15) is 4.79 Å². The van der Waals surface area contributed by atoms with Gasteiger partial charge in [-0.25, -0.2) is 5.43 Å². The quantitative estimate of drug-likeness (QED) is 0.845. The molecule has 1 fully saturated rings. The van der Waals surface area contributed by atoms with E-state index in [1.54, 1.807) is 0 Å². The average molecular weight is 259 g/mol. The van der Waals surface area contributed by atoms with Crippen molar-refractivity contribution in [2.24, 2.45) is 5.10 Å². The van der Waals surface area contributed by atoms with Crippen molar-refractivity contribution in [3.63, 3.8) is 0 Å². The molecule has 19 heavy (non-hydrogen) atoms. The van der Waals surface area contributed by atoms with Gasteiger partial charge < -0.3 is 4.90 Å². The topological polar surface area (TPSA) is 44.7 Å². The minimum absolute atomic E-state index is 0.0653. The Hall–Kier alpha value is -1.84. The van der Waals surface area contributed by atoms with Crippen LogP contribution in [0.3, 0.4) is 0 Å². The lowest BCUT2D eigenvalue weighted by Crippen LogP contribution is -2.33. The van der Waals surface area contributed by atoms with Crippen LogP contribution in [-0.2, 0) is 4.79 Å². The SMILES string of the molecule is CN(CC(=O)NN=C1CCCCC1)c1ccccc1. The molecule has 0 atom stereocenters. The Bertz CT molecular complexity index is 434. The number of anilines is 1. The van der Waals surface area contributed by atoms with E-state index >= 15 is 0 Å². The molecule has 0 saturated heterocycles. The Labute approximate surface area is 114 Å². The number of nitrogens with zero attached hydrogens (tertiary/aromatic N) is 2. The number of carbonyl (C=O) groups is 1. The first-order valence-electron chi connectivity index (χ1n) is 6.86. The zero-order valence-corrected chi connectivity index (χ0v) is 11.4. The fourth-order valence-electron chi connectivity index (χ4n) is 2.24. The number of benzene rings is 1. The molecule has 0 radical (unpaired) electrons. The number of amides is 1. The van der Waals surface area contributed by atoms with Crippen LogP contribution in [0.4, 0.5) is 5.69 Å². The lowest BCUT2D eigenvalue weighted by molar-refractivity contribution is -0.119. The van der Waals surface area contributed by atoms with Crippen LogP contribution in [0.5, 0.6) is 0 Å². The standard InChI is InChI=1S/C15H21N3O/c1-18(14-10-6-3-7-11-14)12-15(19)17-16-13-8-4-2-5-9-13/h3,6-7,10-11H,2,4-5,8-9,12H2,1H3,(H,17,19). The highest BCUT2D eigenvalue weighted by molar-refractivity contribution is 5.87. The number of para-hydroxylation sites is 1. The number of nitrogens with one attached hydrogen (secondary N) is 1. The lowest BCUT2D eigenvalue weighted by Gasteiger charge is -2.18. The molecule has 4 heteroatoms. The molecule has 1 saturated carbocycles. The van der Waals surface area contributed by atoms with E-state index in [1.807, 2.05) is 42.3 Å². The highest BCUT2D eigenvalue weighted by Crippen LogP contribution is 2.14. The van der Waals surface area contributed by atoms with Crippen molar-refractivity contribution in [3.8, 4) is 0 Å². The van der Waals surface area contributed by atoms with E-state index in [-0.39, 0.29) is 5.91 Å². The first-order chi connectivity index (χ1) is 9.25. The molecule has 0 unspecified atom stereocenters. The summed E-state index contributed by atoms with van der Waals surface area (Å²) >= 11 is 0. The number of hydrogen-bond acceptors (Lipinski definition) is 3. The third-order valence-electron chi connectivity index (χ3n) is 3.35. The van der Waals surface area contributed by atoms with Gasteiger partial charge in [-0.05, 0) is 37.8 Å². The first kappa shape index (κ1) is 13.6. The Morgan fingerprint density at radius 2 is 1.89 bits per heavy atom. The van der Waals surface area contributed by atoms with E-state index in [1.165, 1.54) is 19.3 Å². The van der Waals surface area contributed by atoms with Gasteiger partial charge in [0.1, 0.15) is 0 Å². The summed E-state index contributed by atoms with van der Waals surface area (Å²) in [6.07, 6.45) is 5.71. The largest absolute Gasteiger partial charge is 0.365 e. The van der Waals surface area contributed by atoms with E-state index in [2.05, 4.69) is 10.5 Å². The molecule has 0 heterocycles. The zero-order chi connectivity index (χ0) is 13.5. The second-order valence-corrected chi connectivity index (χ2v) is 4.97. The lowest BCUT2D eigenvalue weighted by atomic mass is 9.99. The molecule has 2 rings (SSSR count). The minimum Gasteiger partial charge on any atom is -0.365 e. The minimum atomic E-state index is -0.0653. The van der Waals surface area contributed by atoms with Gasteiger partial charge in [0.15, 0.2) is 0 Å². The van der Waals surface area contributed by atoms with E-state index in [0.717, 1.165) is 24.2 Å². The molecule has 0 bridgehead atoms. The first-order valence-corrected chi connectivity index (χ1v) is 6.86. The van der Waals surface area contributed by atoms with Gasteiger partial charge in [0, 0.05) is 18.4 Å². The second kappa shape index (κ2) is 6.92. The fraction of sp³-hybridized carbons (Fsp3) is 0.467. The molecule has 0 aliphatic heterocycles. The van der Waals surface area contributed by atoms with Crippen LogP contribution in [0.1, 0.15) is 32.1 Å². The molecular formula is C15H21N3O. The molecule has 1 amide bonds. The Morgan fingerprint density at radius 3 is 2.58 bits per heavy atom. The van der Waals surface area contributed by atoms with Crippen LogP contribution >= 0.6 is 0 Å². The maximum Gasteiger partial charge on any atom is 0.259 e. The Balaban J connectivity index is 1.81. The third-order valence-corrected chi connectivity index (χ3v) is 3.35. The van der Waals surface area contributed by atoms with Crippen LogP contribution in [0.2, 0.25) is 0 Å². The average Bonchev–Trinajstić information content (AvgIpc) is 2.47. The predicted octanol–water partition coefficient (Wildman–Crippen LogP) is 2.56. The predicted molar refractivity (Wildman–Crippen MR) is 78.4 cm³/mol. The van der Waals surface area contributed by atoms with Crippen molar-refractivity contribution in [2.75, 3.05) is 18.5 Å². The van der Waals surface area contributed by atoms with Gasteiger partial charge in [0.05, 0.1) is 6.54 Å². The molecule has 0 spiro atoms. The number of hydrogen-bond donors (Lipinski definition) is 1. The monoisotopic (exact) mass is 259 g/mol. The van der Waals surface area contributed by atoms with Crippen LogP contribution in [-0.4, -0.2) is 25.2 Å². The van der Waals surface area contributed by atoms with Crippen molar-refractivity contribution in [3.05, 3.63) is 30.3 Å². The fourth-order valence-corrected chi connectivity index (χ4v) is 2.24. The van der Waals surface area contributed by atoms with Crippen LogP contribution in [0, 0.1) is 0 Å². The van der Waals surface area contributed by atoms with Crippen molar-refractivity contribution in [2.45, 2.75) is 32.1 Å². The van der Waals surface area contributed by atoms with E-state index < -0.39 is 0 Å². The van der Waals surface area contributed by atoms with Gasteiger partial charge in [-0.2, -0.15) is 5.10 Å². The smallest absolute Gasteiger partial charge is 0.259 e. The van der Waals surface area contributed by atoms with Crippen LogP contribution in [0.25, 0.3) is 0 Å². The van der Waals surface area contributed by atoms with Crippen molar-refractivity contribution in [1.29, 1.82) is 0 Å². The van der Waals surface area contributed by atoms with Gasteiger partial charge in [0.2, 0.25) is 0 Å². The third kappa shape index (κ3) is 4.39. The highest BCUT2D eigenvalue weighted by atomic mass is 16.2. The maximum atomic E-state index is 11.8. The van der Waals surface area contributed by atoms with Gasteiger partial charge in [-0.3, -0.25) is 4.79 Å². The highest BCUT2D eigenvalue weighted by Gasteiger charge is 2.09. The summed E-state index contributed by atoms with van der Waals surface area (Å²) < 4.78 is 0. The summed E-state index contributed by atoms with van der Waals surface area (Å²) in [6, 6.07) is 9.87. The summed E-state index contributed by atoms with van der Waals surface area (Å²) in [5, 5.41) is 4.22. The van der Waals surface area contributed by atoms with Gasteiger partial charge in [0.25, 0.3) is 5.91 Å². The molecule has 102 valence electrons. The Kier molecular flexibility index (Phi) is 4.95. The summed E-state index contributed by atoms with van der Waals surface area (Å²) in [5.74, 6) is -0.0653. The molecule has 4 nitrogen and oxygen atoms in total. The molecule has 1 aliphatic carbocycles. The summed E-state index contributed by atoms with van der Waals surface area (Å²) in [7, 11) is 1.91. The number of likely N-dealkylation sites (N-methyl/N-ethyl adjacent to an activating group) is 1. The summed E-state index contributed by atoms with van der Waals surface area (Å²) in [4.78, 5) is 13.7. The van der Waals surface area contributed by atoms with Gasteiger partial charge in [-0.1, -0.05) is 24.6 Å².